The maximum atomic E-state index is 12.0. The second-order valence-corrected chi connectivity index (χ2v) is 7.84. The lowest BCUT2D eigenvalue weighted by atomic mass is 10.0. The van der Waals surface area contributed by atoms with Crippen LogP contribution in [-0.2, 0) is 15.6 Å². The maximum Gasteiger partial charge on any atom is 0.239 e. The van der Waals surface area contributed by atoms with Crippen LogP contribution < -0.4 is 5.73 Å². The smallest absolute Gasteiger partial charge is 0.239 e. The van der Waals surface area contributed by atoms with Crippen LogP contribution in [0.25, 0.3) is 0 Å². The Morgan fingerprint density at radius 3 is 2.76 bits per heavy atom. The van der Waals surface area contributed by atoms with Crippen LogP contribution in [0.1, 0.15) is 11.8 Å². The molecule has 1 aliphatic heterocycles. The number of hydrogen-bond donors (Lipinski definition) is 1. The van der Waals surface area contributed by atoms with Crippen LogP contribution >= 0.6 is 27.3 Å². The predicted octanol–water partition coefficient (Wildman–Crippen LogP) is 1.32. The van der Waals surface area contributed by atoms with Gasteiger partial charge in [0.1, 0.15) is 5.54 Å². The first-order valence-electron chi connectivity index (χ1n) is 4.82. The molecule has 0 aromatic carbocycles. The second-order valence-electron chi connectivity index (χ2n) is 4.07. The van der Waals surface area contributed by atoms with Crippen LogP contribution in [0.3, 0.4) is 0 Å². The predicted molar refractivity (Wildman–Crippen MR) is 72.5 cm³/mol. The summed E-state index contributed by atoms with van der Waals surface area (Å²) in [6.45, 7) is 1.78. The van der Waals surface area contributed by atoms with Crippen LogP contribution in [0.2, 0.25) is 0 Å². The van der Waals surface area contributed by atoms with Crippen molar-refractivity contribution in [3.8, 4) is 0 Å². The van der Waals surface area contributed by atoms with Crippen molar-refractivity contribution in [2.45, 2.75) is 12.5 Å². The molecule has 1 aromatic rings. The molecule has 8 heteroatoms. The van der Waals surface area contributed by atoms with E-state index in [9.17, 15) is 8.42 Å². The first-order chi connectivity index (χ1) is 7.76. The molecule has 2 heterocycles. The molecule has 2 rings (SSSR count). The molecule has 0 fully saturated rings. The Bertz CT molecular complexity index is 581. The van der Waals surface area contributed by atoms with E-state index in [0.29, 0.717) is 0 Å². The molecule has 0 radical (unpaired) electrons. The summed E-state index contributed by atoms with van der Waals surface area (Å²) in [6.07, 6.45) is 0. The number of guanidine groups is 1. The summed E-state index contributed by atoms with van der Waals surface area (Å²) in [6, 6.07) is 1.88. The van der Waals surface area contributed by atoms with Crippen LogP contribution in [0.5, 0.6) is 0 Å². The fourth-order valence-corrected chi connectivity index (χ4v) is 5.18. The molecule has 2 N–H and O–H groups in total. The Labute approximate surface area is 113 Å². The van der Waals surface area contributed by atoms with Gasteiger partial charge < -0.3 is 5.73 Å². The van der Waals surface area contributed by atoms with E-state index in [2.05, 4.69) is 20.9 Å². The van der Waals surface area contributed by atoms with Gasteiger partial charge in [-0.2, -0.15) is 0 Å². The Balaban J connectivity index is 2.58. The highest BCUT2D eigenvalue weighted by atomic mass is 79.9. The number of sulfonamides is 1. The van der Waals surface area contributed by atoms with Gasteiger partial charge in [0.05, 0.1) is 5.75 Å². The van der Waals surface area contributed by atoms with E-state index in [1.807, 2.05) is 11.4 Å². The minimum absolute atomic E-state index is 0.0269. The quantitative estimate of drug-likeness (QED) is 0.839. The van der Waals surface area contributed by atoms with Crippen molar-refractivity contribution in [2.75, 3.05) is 12.8 Å². The van der Waals surface area contributed by atoms with Crippen molar-refractivity contribution in [3.63, 3.8) is 0 Å². The van der Waals surface area contributed by atoms with Gasteiger partial charge in [0.25, 0.3) is 0 Å². The van der Waals surface area contributed by atoms with E-state index in [0.717, 1.165) is 13.7 Å². The van der Waals surface area contributed by atoms with E-state index in [4.69, 9.17) is 5.73 Å². The van der Waals surface area contributed by atoms with Crippen molar-refractivity contribution in [1.29, 1.82) is 0 Å². The molecule has 0 bridgehead atoms. The van der Waals surface area contributed by atoms with Gasteiger partial charge >= 0.3 is 0 Å². The van der Waals surface area contributed by atoms with Crippen molar-refractivity contribution in [2.24, 2.45) is 10.7 Å². The largest absolute Gasteiger partial charge is 0.369 e. The van der Waals surface area contributed by atoms with Crippen molar-refractivity contribution >= 4 is 43.2 Å². The van der Waals surface area contributed by atoms with E-state index in [-0.39, 0.29) is 11.7 Å². The Hall–Kier alpha value is -0.600. The molecule has 1 aliphatic rings. The molecule has 1 aromatic heterocycles. The topological polar surface area (TPSA) is 75.8 Å². The lowest BCUT2D eigenvalue weighted by molar-refractivity contribution is 0.481. The number of aliphatic imine (C=N–C) groups is 1. The fraction of sp³-hybridized carbons (Fsp3) is 0.444. The van der Waals surface area contributed by atoms with E-state index in [1.54, 1.807) is 6.92 Å². The number of nitrogens with zero attached hydrogens (tertiary/aromatic N) is 2. The molecule has 94 valence electrons. The molecule has 0 aliphatic carbocycles. The lowest BCUT2D eigenvalue weighted by Gasteiger charge is -2.33. The van der Waals surface area contributed by atoms with Crippen molar-refractivity contribution in [1.82, 2.24) is 4.31 Å². The number of nitrogens with two attached hydrogens (primary N) is 1. The van der Waals surface area contributed by atoms with Gasteiger partial charge in [-0.05, 0) is 34.3 Å². The standard InChI is InChI=1S/C9H12BrN3O2S2/c1-9(7-6(10)3-4-16-7)5-17(14,15)13(2)8(11)12-9/h3-4H,5H2,1-2H3,(H2,11,12). The van der Waals surface area contributed by atoms with Gasteiger partial charge in [-0.1, -0.05) is 0 Å². The number of hydrogen-bond acceptors (Lipinski definition) is 5. The number of halogens is 1. The summed E-state index contributed by atoms with van der Waals surface area (Å²) in [7, 11) is -1.98. The van der Waals surface area contributed by atoms with Crippen LogP contribution in [0, 0.1) is 0 Å². The van der Waals surface area contributed by atoms with Gasteiger partial charge in [-0.25, -0.2) is 17.7 Å². The molecule has 0 amide bonds. The summed E-state index contributed by atoms with van der Waals surface area (Å²) >= 11 is 4.87. The first-order valence-corrected chi connectivity index (χ1v) is 8.10. The second kappa shape index (κ2) is 3.96. The zero-order valence-electron chi connectivity index (χ0n) is 9.34. The number of rotatable bonds is 1. The highest BCUT2D eigenvalue weighted by Gasteiger charge is 2.41. The SMILES string of the molecule is CN1C(N)=NC(C)(c2sccc2Br)CS1(=O)=O. The first kappa shape index (κ1) is 12.8. The molecule has 0 saturated heterocycles. The van der Waals surface area contributed by atoms with E-state index in [1.165, 1.54) is 18.4 Å². The third-order valence-corrected chi connectivity index (χ3v) is 6.71. The monoisotopic (exact) mass is 337 g/mol. The van der Waals surface area contributed by atoms with Gasteiger partial charge in [-0.3, -0.25) is 0 Å². The highest BCUT2D eigenvalue weighted by Crippen LogP contribution is 2.39. The average Bonchev–Trinajstić information content (AvgIpc) is 2.61. The zero-order valence-corrected chi connectivity index (χ0v) is 12.6. The minimum atomic E-state index is -3.40. The maximum absolute atomic E-state index is 12.0. The van der Waals surface area contributed by atoms with Gasteiger partial charge in [-0.15, -0.1) is 11.3 Å². The van der Waals surface area contributed by atoms with Gasteiger partial charge in [0.15, 0.2) is 0 Å². The van der Waals surface area contributed by atoms with E-state index >= 15 is 0 Å². The van der Waals surface area contributed by atoms with Crippen LogP contribution in [0.15, 0.2) is 20.9 Å². The Kier molecular flexibility index (Phi) is 2.99. The summed E-state index contributed by atoms with van der Waals surface area (Å²) in [5.41, 5.74) is 4.85. The molecule has 0 saturated carbocycles. The third kappa shape index (κ3) is 2.09. The summed E-state index contributed by atoms with van der Waals surface area (Å²) in [4.78, 5) is 5.19. The average molecular weight is 338 g/mol. The van der Waals surface area contributed by atoms with Crippen LogP contribution in [0.4, 0.5) is 0 Å². The summed E-state index contributed by atoms with van der Waals surface area (Å²) in [5, 5.41) is 1.89. The summed E-state index contributed by atoms with van der Waals surface area (Å²) < 4.78 is 25.8. The van der Waals surface area contributed by atoms with E-state index < -0.39 is 15.6 Å². The molecule has 0 spiro atoms. The van der Waals surface area contributed by atoms with Crippen molar-refractivity contribution in [3.05, 3.63) is 20.8 Å². The molecule has 1 atom stereocenters. The van der Waals surface area contributed by atoms with Gasteiger partial charge in [0.2, 0.25) is 16.0 Å². The molecular weight excluding hydrogens is 326 g/mol. The van der Waals surface area contributed by atoms with Crippen molar-refractivity contribution < 1.29 is 8.42 Å². The summed E-state index contributed by atoms with van der Waals surface area (Å²) in [5.74, 6) is -0.0462. The lowest BCUT2D eigenvalue weighted by Crippen LogP contribution is -2.50. The van der Waals surface area contributed by atoms with Gasteiger partial charge in [0, 0.05) is 16.4 Å². The third-order valence-electron chi connectivity index (χ3n) is 2.67. The highest BCUT2D eigenvalue weighted by molar-refractivity contribution is 9.10. The normalized spacial score (nSPS) is 27.9. The molecular formula is C9H12BrN3O2S2. The molecule has 17 heavy (non-hydrogen) atoms. The fourth-order valence-electron chi connectivity index (χ4n) is 1.74. The Morgan fingerprint density at radius 1 is 1.65 bits per heavy atom. The number of thiophene rings is 1. The molecule has 1 unspecified atom stereocenters. The molecule has 5 nitrogen and oxygen atoms in total. The zero-order chi connectivity index (χ0) is 12.8. The Morgan fingerprint density at radius 2 is 2.29 bits per heavy atom. The minimum Gasteiger partial charge on any atom is -0.369 e. The van der Waals surface area contributed by atoms with Crippen LogP contribution in [-0.4, -0.2) is 31.5 Å².